The summed E-state index contributed by atoms with van der Waals surface area (Å²) in [6.45, 7) is 2.67. The van der Waals surface area contributed by atoms with Crippen molar-refractivity contribution in [2.75, 3.05) is 5.32 Å². The van der Waals surface area contributed by atoms with Crippen LogP contribution in [0.15, 0.2) is 41.3 Å². The van der Waals surface area contributed by atoms with Gasteiger partial charge in [-0.3, -0.25) is 4.79 Å². The summed E-state index contributed by atoms with van der Waals surface area (Å²) in [7, 11) is 0. The molecular formula is C21H20F4N4O. The van der Waals surface area contributed by atoms with Gasteiger partial charge in [0.2, 0.25) is 0 Å². The topological polar surface area (TPSA) is 59.8 Å². The van der Waals surface area contributed by atoms with E-state index in [2.05, 4.69) is 15.3 Å². The van der Waals surface area contributed by atoms with E-state index in [9.17, 15) is 22.4 Å². The van der Waals surface area contributed by atoms with Gasteiger partial charge in [0.25, 0.3) is 17.9 Å². The van der Waals surface area contributed by atoms with Crippen LogP contribution < -0.4 is 10.9 Å². The highest BCUT2D eigenvalue weighted by Gasteiger charge is 2.53. The summed E-state index contributed by atoms with van der Waals surface area (Å²) in [4.78, 5) is 21.0. The molecule has 0 unspecified atom stereocenters. The van der Waals surface area contributed by atoms with Crippen molar-refractivity contribution in [1.29, 1.82) is 0 Å². The second-order valence-electron chi connectivity index (χ2n) is 7.75. The number of pyridine rings is 1. The predicted octanol–water partition coefficient (Wildman–Crippen LogP) is 4.58. The van der Waals surface area contributed by atoms with Crippen LogP contribution >= 0.6 is 0 Å². The van der Waals surface area contributed by atoms with Crippen LogP contribution in [0, 0.1) is 6.92 Å². The van der Waals surface area contributed by atoms with Crippen molar-refractivity contribution < 1.29 is 17.6 Å². The van der Waals surface area contributed by atoms with E-state index in [-0.39, 0.29) is 24.9 Å². The number of hydrogen-bond acceptors (Lipinski definition) is 4. The summed E-state index contributed by atoms with van der Waals surface area (Å²) in [5.74, 6) is -2.21. The molecule has 2 heterocycles. The molecule has 1 aliphatic carbocycles. The van der Waals surface area contributed by atoms with Crippen molar-refractivity contribution in [2.45, 2.75) is 51.1 Å². The lowest BCUT2D eigenvalue weighted by molar-refractivity contribution is 0.0174. The van der Waals surface area contributed by atoms with E-state index in [1.807, 2.05) is 0 Å². The minimum Gasteiger partial charge on any atom is -0.365 e. The van der Waals surface area contributed by atoms with Crippen LogP contribution in [-0.4, -0.2) is 21.0 Å². The van der Waals surface area contributed by atoms with Crippen molar-refractivity contribution in [2.24, 2.45) is 0 Å². The molecule has 0 bridgehead atoms. The van der Waals surface area contributed by atoms with Crippen molar-refractivity contribution >= 4 is 16.7 Å². The third kappa shape index (κ3) is 3.64. The summed E-state index contributed by atoms with van der Waals surface area (Å²) in [6, 6.07) is 7.23. The van der Waals surface area contributed by atoms with Gasteiger partial charge in [0, 0.05) is 31.3 Å². The van der Waals surface area contributed by atoms with Crippen LogP contribution in [0.25, 0.3) is 10.9 Å². The SMILES string of the molecule is Cc1nc(NCc2cccc(C(C)(F)F)c2)c2cn(C3(C(F)F)CC3)c(=O)cc2n1. The second-order valence-corrected chi connectivity index (χ2v) is 7.75. The number of rotatable bonds is 6. The molecule has 1 saturated carbocycles. The number of aromatic nitrogens is 3. The van der Waals surface area contributed by atoms with Gasteiger partial charge in [0.15, 0.2) is 0 Å². The molecule has 2 aromatic heterocycles. The molecule has 0 spiro atoms. The Balaban J connectivity index is 1.71. The van der Waals surface area contributed by atoms with E-state index in [1.54, 1.807) is 19.1 Å². The number of nitrogens with zero attached hydrogens (tertiary/aromatic N) is 3. The number of benzene rings is 1. The number of halogens is 4. The quantitative estimate of drug-likeness (QED) is 0.593. The first kappa shape index (κ1) is 20.3. The Morgan fingerprint density at radius 3 is 2.60 bits per heavy atom. The summed E-state index contributed by atoms with van der Waals surface area (Å²) in [5, 5.41) is 3.49. The first-order valence-electron chi connectivity index (χ1n) is 9.51. The van der Waals surface area contributed by atoms with Crippen LogP contribution in [-0.2, 0) is 18.0 Å². The maximum Gasteiger partial charge on any atom is 0.270 e. The molecule has 158 valence electrons. The molecule has 1 N–H and O–H groups in total. The Morgan fingerprint density at radius 1 is 1.23 bits per heavy atom. The second kappa shape index (κ2) is 7.07. The fourth-order valence-electron chi connectivity index (χ4n) is 3.53. The van der Waals surface area contributed by atoms with Gasteiger partial charge < -0.3 is 9.88 Å². The van der Waals surface area contributed by atoms with Gasteiger partial charge in [-0.1, -0.05) is 18.2 Å². The smallest absolute Gasteiger partial charge is 0.270 e. The number of fused-ring (bicyclic) bond motifs is 1. The predicted molar refractivity (Wildman–Crippen MR) is 105 cm³/mol. The molecule has 0 saturated heterocycles. The van der Waals surface area contributed by atoms with Crippen LogP contribution in [0.5, 0.6) is 0 Å². The molecule has 0 radical (unpaired) electrons. The van der Waals surface area contributed by atoms with Crippen LogP contribution in [0.4, 0.5) is 23.4 Å². The van der Waals surface area contributed by atoms with Crippen molar-refractivity contribution in [3.8, 4) is 0 Å². The van der Waals surface area contributed by atoms with E-state index in [1.165, 1.54) is 24.4 Å². The highest BCUT2D eigenvalue weighted by molar-refractivity contribution is 5.88. The Kier molecular flexibility index (Phi) is 4.79. The van der Waals surface area contributed by atoms with Crippen LogP contribution in [0.3, 0.4) is 0 Å². The third-order valence-corrected chi connectivity index (χ3v) is 5.38. The fraction of sp³-hybridized carbons (Fsp3) is 0.381. The van der Waals surface area contributed by atoms with Gasteiger partial charge in [0.05, 0.1) is 10.9 Å². The largest absolute Gasteiger partial charge is 0.365 e. The summed E-state index contributed by atoms with van der Waals surface area (Å²) >= 11 is 0. The maximum atomic E-state index is 13.6. The molecular weight excluding hydrogens is 400 g/mol. The Morgan fingerprint density at radius 2 is 1.97 bits per heavy atom. The first-order chi connectivity index (χ1) is 14.1. The zero-order valence-electron chi connectivity index (χ0n) is 16.4. The number of anilines is 1. The minimum absolute atomic E-state index is 0.105. The van der Waals surface area contributed by atoms with Crippen LogP contribution in [0.1, 0.15) is 36.7 Å². The molecule has 0 aliphatic heterocycles. The number of alkyl halides is 4. The van der Waals surface area contributed by atoms with Gasteiger partial charge in [0.1, 0.15) is 17.2 Å². The number of hydrogen-bond donors (Lipinski definition) is 1. The van der Waals surface area contributed by atoms with Gasteiger partial charge in [-0.15, -0.1) is 0 Å². The van der Waals surface area contributed by atoms with E-state index < -0.39 is 23.4 Å². The van der Waals surface area contributed by atoms with Crippen molar-refractivity contribution in [1.82, 2.24) is 14.5 Å². The Labute approximate surface area is 169 Å². The number of aryl methyl sites for hydroxylation is 1. The summed E-state index contributed by atoms with van der Waals surface area (Å²) < 4.78 is 55.3. The Hall–Kier alpha value is -2.97. The molecule has 5 nitrogen and oxygen atoms in total. The standard InChI is InChI=1S/C21H20F4N4O/c1-12-27-16-9-17(30)29(21(6-7-21)19(22)23)11-15(16)18(28-12)26-10-13-4-3-5-14(8-13)20(2,24)25/h3-5,8-9,11,19H,6-7,10H2,1-2H3,(H,26,27,28). The van der Waals surface area contributed by atoms with Gasteiger partial charge in [-0.25, -0.2) is 27.5 Å². The molecule has 9 heteroatoms. The molecule has 1 fully saturated rings. The average Bonchev–Trinajstić information content (AvgIpc) is 3.47. The lowest BCUT2D eigenvalue weighted by atomic mass is 10.1. The van der Waals surface area contributed by atoms with Gasteiger partial charge >= 0.3 is 0 Å². The highest BCUT2D eigenvalue weighted by atomic mass is 19.3. The molecule has 1 aromatic carbocycles. The van der Waals surface area contributed by atoms with E-state index >= 15 is 0 Å². The molecule has 1 aliphatic rings. The van der Waals surface area contributed by atoms with E-state index in [4.69, 9.17) is 0 Å². The van der Waals surface area contributed by atoms with Crippen molar-refractivity contribution in [3.05, 3.63) is 63.8 Å². The average molecular weight is 420 g/mol. The van der Waals surface area contributed by atoms with Crippen molar-refractivity contribution in [3.63, 3.8) is 0 Å². The summed E-state index contributed by atoms with van der Waals surface area (Å²) in [5.41, 5.74) is -1.17. The molecule has 0 amide bonds. The van der Waals surface area contributed by atoms with Crippen LogP contribution in [0.2, 0.25) is 0 Å². The molecule has 3 aromatic rings. The monoisotopic (exact) mass is 420 g/mol. The minimum atomic E-state index is -2.96. The highest BCUT2D eigenvalue weighted by Crippen LogP contribution is 2.48. The fourth-order valence-corrected chi connectivity index (χ4v) is 3.53. The maximum absolute atomic E-state index is 13.6. The third-order valence-electron chi connectivity index (χ3n) is 5.38. The molecule has 30 heavy (non-hydrogen) atoms. The molecule has 4 rings (SSSR count). The lowest BCUT2D eigenvalue weighted by Gasteiger charge is -2.19. The van der Waals surface area contributed by atoms with Gasteiger partial charge in [-0.05, 0) is 31.4 Å². The first-order valence-corrected chi connectivity index (χ1v) is 9.51. The summed E-state index contributed by atoms with van der Waals surface area (Å²) in [6.07, 6.45) is -0.837. The lowest BCUT2D eigenvalue weighted by Crippen LogP contribution is -2.35. The zero-order valence-corrected chi connectivity index (χ0v) is 16.4. The van der Waals surface area contributed by atoms with E-state index in [0.717, 1.165) is 11.5 Å². The zero-order chi connectivity index (χ0) is 21.7. The van der Waals surface area contributed by atoms with Gasteiger partial charge in [-0.2, -0.15) is 0 Å². The normalized spacial score (nSPS) is 15.6. The number of nitrogens with one attached hydrogen (secondary N) is 1. The van der Waals surface area contributed by atoms with E-state index in [0.29, 0.717) is 28.1 Å². The molecule has 0 atom stereocenters. The Bertz CT molecular complexity index is 1170.